The van der Waals surface area contributed by atoms with Crippen LogP contribution < -0.4 is 0 Å². The Morgan fingerprint density at radius 1 is 0.962 bits per heavy atom. The van der Waals surface area contributed by atoms with Crippen molar-refractivity contribution < 1.29 is 5.11 Å². The third-order valence-electron chi connectivity index (χ3n) is 6.62. The Labute approximate surface area is 162 Å². The van der Waals surface area contributed by atoms with Crippen LogP contribution in [-0.4, -0.2) is 11.7 Å². The Kier molecular flexibility index (Phi) is 9.19. The van der Waals surface area contributed by atoms with Gasteiger partial charge in [0.05, 0.1) is 0 Å². The summed E-state index contributed by atoms with van der Waals surface area (Å²) in [7, 11) is 0. The first kappa shape index (κ1) is 21.5. The molecule has 26 heavy (non-hydrogen) atoms. The molecule has 1 aromatic rings. The smallest absolute Gasteiger partial charge is 0.0459 e. The van der Waals surface area contributed by atoms with E-state index in [4.69, 9.17) is 0 Å². The van der Waals surface area contributed by atoms with Crippen molar-refractivity contribution >= 4 is 0 Å². The fraction of sp³-hybridized carbons (Fsp3) is 0.760. The SMILES string of the molecule is CC.CCCCCC[C@@H]1CCc2cc(C3CCC(CO)C3)c(C)cc2C1. The lowest BCUT2D eigenvalue weighted by molar-refractivity contribution is 0.228. The van der Waals surface area contributed by atoms with E-state index in [0.29, 0.717) is 18.4 Å². The van der Waals surface area contributed by atoms with Crippen molar-refractivity contribution in [3.8, 4) is 0 Å². The van der Waals surface area contributed by atoms with Gasteiger partial charge in [0.1, 0.15) is 0 Å². The maximum atomic E-state index is 9.43. The van der Waals surface area contributed by atoms with Crippen molar-refractivity contribution in [1.82, 2.24) is 0 Å². The molecule has 1 heteroatoms. The predicted molar refractivity (Wildman–Crippen MR) is 114 cm³/mol. The molecule has 2 aliphatic carbocycles. The number of aliphatic hydroxyl groups excluding tert-OH is 1. The van der Waals surface area contributed by atoms with Crippen LogP contribution in [0.3, 0.4) is 0 Å². The molecule has 0 aliphatic heterocycles. The maximum Gasteiger partial charge on any atom is 0.0459 e. The summed E-state index contributed by atoms with van der Waals surface area (Å²) in [6.07, 6.45) is 14.7. The van der Waals surface area contributed by atoms with Crippen molar-refractivity contribution in [3.63, 3.8) is 0 Å². The summed E-state index contributed by atoms with van der Waals surface area (Å²) in [5, 5.41) is 9.43. The molecular formula is C25H42O. The number of fused-ring (bicyclic) bond motifs is 1. The minimum atomic E-state index is 0.375. The molecule has 0 aromatic heterocycles. The molecule has 0 radical (unpaired) electrons. The molecule has 0 amide bonds. The highest BCUT2D eigenvalue weighted by molar-refractivity contribution is 5.41. The second kappa shape index (κ2) is 11.1. The molecule has 0 heterocycles. The van der Waals surface area contributed by atoms with Gasteiger partial charge < -0.3 is 5.11 Å². The Balaban J connectivity index is 0.00000117. The molecular weight excluding hydrogens is 316 g/mol. The average Bonchev–Trinajstić information content (AvgIpc) is 3.15. The summed E-state index contributed by atoms with van der Waals surface area (Å²) >= 11 is 0. The Morgan fingerprint density at radius 2 is 1.77 bits per heavy atom. The van der Waals surface area contributed by atoms with Gasteiger partial charge in [0.2, 0.25) is 0 Å². The lowest BCUT2D eigenvalue weighted by Gasteiger charge is -2.27. The zero-order valence-electron chi connectivity index (χ0n) is 17.8. The molecule has 1 nitrogen and oxygen atoms in total. The van der Waals surface area contributed by atoms with Crippen molar-refractivity contribution in [2.45, 2.75) is 104 Å². The Bertz CT molecular complexity index is 533. The van der Waals surface area contributed by atoms with Gasteiger partial charge in [-0.1, -0.05) is 65.0 Å². The Morgan fingerprint density at radius 3 is 2.46 bits per heavy atom. The monoisotopic (exact) mass is 358 g/mol. The molecule has 1 aromatic carbocycles. The van der Waals surface area contributed by atoms with Gasteiger partial charge in [-0.2, -0.15) is 0 Å². The fourth-order valence-electron chi connectivity index (χ4n) is 5.10. The van der Waals surface area contributed by atoms with E-state index in [-0.39, 0.29) is 0 Å². The molecule has 1 N–H and O–H groups in total. The summed E-state index contributed by atoms with van der Waals surface area (Å²) in [4.78, 5) is 0. The zero-order chi connectivity index (χ0) is 18.9. The summed E-state index contributed by atoms with van der Waals surface area (Å²) in [5.41, 5.74) is 6.36. The molecule has 0 spiro atoms. The summed E-state index contributed by atoms with van der Waals surface area (Å²) in [6.45, 7) is 8.98. The average molecular weight is 359 g/mol. The van der Waals surface area contributed by atoms with E-state index in [0.717, 1.165) is 5.92 Å². The van der Waals surface area contributed by atoms with Gasteiger partial charge in [0.25, 0.3) is 0 Å². The highest BCUT2D eigenvalue weighted by Crippen LogP contribution is 2.41. The number of rotatable bonds is 7. The molecule has 0 bridgehead atoms. The summed E-state index contributed by atoms with van der Waals surface area (Å²) < 4.78 is 0. The second-order valence-corrected chi connectivity index (χ2v) is 8.49. The van der Waals surface area contributed by atoms with E-state index in [2.05, 4.69) is 26.0 Å². The molecule has 148 valence electrons. The minimum Gasteiger partial charge on any atom is -0.396 e. The van der Waals surface area contributed by atoms with Crippen LogP contribution in [0.15, 0.2) is 12.1 Å². The van der Waals surface area contributed by atoms with E-state index in [1.54, 1.807) is 16.7 Å². The molecule has 3 rings (SSSR count). The molecule has 1 fully saturated rings. The van der Waals surface area contributed by atoms with Crippen molar-refractivity contribution in [2.75, 3.05) is 6.61 Å². The first-order chi connectivity index (χ1) is 12.7. The third-order valence-corrected chi connectivity index (χ3v) is 6.62. The number of aryl methyl sites for hydroxylation is 2. The first-order valence-corrected chi connectivity index (χ1v) is 11.4. The quantitative estimate of drug-likeness (QED) is 0.522. The van der Waals surface area contributed by atoms with E-state index < -0.39 is 0 Å². The standard InChI is InChI=1S/C23H36O.C2H6/c1-3-4-5-6-7-18-8-10-20-15-23(17(2)12-22(20)13-18)21-11-9-19(14-21)16-24;1-2/h12,15,18-19,21,24H,3-11,13-14,16H2,1-2H3;1-2H3/t18-,19?,21?;/m1./s1. The minimum absolute atomic E-state index is 0.375. The summed E-state index contributed by atoms with van der Waals surface area (Å²) in [6, 6.07) is 5.05. The second-order valence-electron chi connectivity index (χ2n) is 8.49. The van der Waals surface area contributed by atoms with Gasteiger partial charge in [-0.05, 0) is 85.5 Å². The number of aliphatic hydroxyl groups is 1. The van der Waals surface area contributed by atoms with Crippen LogP contribution in [0.1, 0.15) is 107 Å². The van der Waals surface area contributed by atoms with Gasteiger partial charge in [-0.25, -0.2) is 0 Å². The molecule has 3 atom stereocenters. The predicted octanol–water partition coefficient (Wildman–Crippen LogP) is 6.97. The first-order valence-electron chi connectivity index (χ1n) is 11.4. The highest BCUT2D eigenvalue weighted by Gasteiger charge is 2.28. The van der Waals surface area contributed by atoms with Crippen LogP contribution in [0.2, 0.25) is 0 Å². The third kappa shape index (κ3) is 5.59. The molecule has 1 saturated carbocycles. The van der Waals surface area contributed by atoms with Crippen molar-refractivity contribution in [2.24, 2.45) is 11.8 Å². The fourth-order valence-corrected chi connectivity index (χ4v) is 5.10. The lowest BCUT2D eigenvalue weighted by Crippen LogP contribution is -2.15. The van der Waals surface area contributed by atoms with Gasteiger partial charge in [0.15, 0.2) is 0 Å². The van der Waals surface area contributed by atoms with Crippen molar-refractivity contribution in [1.29, 1.82) is 0 Å². The Hall–Kier alpha value is -0.820. The van der Waals surface area contributed by atoms with Crippen LogP contribution in [0.25, 0.3) is 0 Å². The number of hydrogen-bond acceptors (Lipinski definition) is 1. The van der Waals surface area contributed by atoms with Gasteiger partial charge in [-0.15, -0.1) is 0 Å². The van der Waals surface area contributed by atoms with Crippen molar-refractivity contribution in [3.05, 3.63) is 34.4 Å². The van der Waals surface area contributed by atoms with E-state index in [9.17, 15) is 5.11 Å². The van der Waals surface area contributed by atoms with Crippen LogP contribution in [0.4, 0.5) is 0 Å². The number of unbranched alkanes of at least 4 members (excludes halogenated alkanes) is 3. The molecule has 2 unspecified atom stereocenters. The topological polar surface area (TPSA) is 20.2 Å². The summed E-state index contributed by atoms with van der Waals surface area (Å²) in [5.74, 6) is 2.15. The van der Waals surface area contributed by atoms with Gasteiger partial charge in [-0.3, -0.25) is 0 Å². The maximum absolute atomic E-state index is 9.43. The highest BCUT2D eigenvalue weighted by atomic mass is 16.3. The van der Waals surface area contributed by atoms with E-state index >= 15 is 0 Å². The molecule has 0 saturated heterocycles. The van der Waals surface area contributed by atoms with E-state index in [1.807, 2.05) is 13.8 Å². The van der Waals surface area contributed by atoms with Crippen LogP contribution in [0.5, 0.6) is 0 Å². The van der Waals surface area contributed by atoms with Crippen LogP contribution in [-0.2, 0) is 12.8 Å². The van der Waals surface area contributed by atoms with Crippen LogP contribution >= 0.6 is 0 Å². The number of hydrogen-bond donors (Lipinski definition) is 1. The zero-order valence-corrected chi connectivity index (χ0v) is 17.8. The normalized spacial score (nSPS) is 24.7. The molecule has 2 aliphatic rings. The number of benzene rings is 1. The largest absolute Gasteiger partial charge is 0.396 e. The van der Waals surface area contributed by atoms with E-state index in [1.165, 1.54) is 76.2 Å². The van der Waals surface area contributed by atoms with Crippen LogP contribution in [0, 0.1) is 18.8 Å². The van der Waals surface area contributed by atoms with Gasteiger partial charge in [0, 0.05) is 6.61 Å². The van der Waals surface area contributed by atoms with Gasteiger partial charge >= 0.3 is 0 Å². The lowest BCUT2D eigenvalue weighted by atomic mass is 9.78.